The van der Waals surface area contributed by atoms with Crippen molar-refractivity contribution in [3.63, 3.8) is 0 Å². The van der Waals surface area contributed by atoms with E-state index in [9.17, 15) is 0 Å². The monoisotopic (exact) mass is 264 g/mol. The van der Waals surface area contributed by atoms with Crippen LogP contribution in [-0.2, 0) is 6.42 Å². The molecule has 2 aromatic carbocycles. The number of rotatable bonds is 3. The summed E-state index contributed by atoms with van der Waals surface area (Å²) in [6, 6.07) is 13.4. The van der Waals surface area contributed by atoms with E-state index < -0.39 is 0 Å². The molecule has 1 aromatic heterocycles. The first-order valence-corrected chi connectivity index (χ1v) is 6.31. The molecule has 0 saturated heterocycles. The van der Waals surface area contributed by atoms with Gasteiger partial charge in [-0.3, -0.25) is 0 Å². The number of nitrogens with zero attached hydrogens (tertiary/aromatic N) is 6. The first-order valence-electron chi connectivity index (χ1n) is 6.31. The SMILES string of the molecule is CCc1ccc(-n2nc3ccc(N=[N+]=[N-])cc3n2)cc1. The average molecular weight is 264 g/mol. The van der Waals surface area contributed by atoms with Crippen molar-refractivity contribution in [2.75, 3.05) is 0 Å². The molecule has 6 heteroatoms. The number of hydrogen-bond donors (Lipinski definition) is 0. The summed E-state index contributed by atoms with van der Waals surface area (Å²) in [5, 5.41) is 12.4. The molecule has 0 unspecified atom stereocenters. The highest BCUT2D eigenvalue weighted by Crippen LogP contribution is 2.19. The molecule has 0 bridgehead atoms. The fourth-order valence-electron chi connectivity index (χ4n) is 2.00. The lowest BCUT2D eigenvalue weighted by atomic mass is 10.2. The normalized spacial score (nSPS) is 10.4. The minimum absolute atomic E-state index is 0.536. The molecule has 0 saturated carbocycles. The maximum Gasteiger partial charge on any atom is 0.114 e. The Balaban J connectivity index is 2.05. The van der Waals surface area contributed by atoms with Crippen LogP contribution in [0.1, 0.15) is 12.5 Å². The Hall–Kier alpha value is -2.85. The summed E-state index contributed by atoms with van der Waals surface area (Å²) in [5.74, 6) is 0. The topological polar surface area (TPSA) is 79.5 Å². The van der Waals surface area contributed by atoms with Gasteiger partial charge < -0.3 is 0 Å². The van der Waals surface area contributed by atoms with Crippen LogP contribution in [0.15, 0.2) is 47.6 Å². The molecule has 0 spiro atoms. The van der Waals surface area contributed by atoms with Crippen molar-refractivity contribution >= 4 is 16.7 Å². The second-order valence-corrected chi connectivity index (χ2v) is 4.37. The molecular formula is C14H12N6. The van der Waals surface area contributed by atoms with Crippen molar-refractivity contribution in [1.29, 1.82) is 0 Å². The average Bonchev–Trinajstić information content (AvgIpc) is 2.91. The van der Waals surface area contributed by atoms with E-state index >= 15 is 0 Å². The number of benzene rings is 2. The zero-order valence-electron chi connectivity index (χ0n) is 10.9. The number of fused-ring (bicyclic) bond motifs is 1. The van der Waals surface area contributed by atoms with E-state index in [1.54, 1.807) is 23.0 Å². The van der Waals surface area contributed by atoms with Gasteiger partial charge in [0.25, 0.3) is 0 Å². The summed E-state index contributed by atoms with van der Waals surface area (Å²) in [6.45, 7) is 2.12. The predicted octanol–water partition coefficient (Wildman–Crippen LogP) is 3.92. The molecule has 0 aliphatic carbocycles. The van der Waals surface area contributed by atoms with Crippen LogP contribution < -0.4 is 0 Å². The smallest absolute Gasteiger partial charge is 0.114 e. The Kier molecular flexibility index (Phi) is 3.07. The number of aryl methyl sites for hydroxylation is 1. The summed E-state index contributed by atoms with van der Waals surface area (Å²) < 4.78 is 0. The standard InChI is InChI=1S/C14H12N6/c1-2-10-3-6-12(7-4-10)20-17-13-8-5-11(16-19-15)9-14(13)18-20/h3-9H,2H2,1H3. The minimum Gasteiger partial charge on any atom is -0.150 e. The highest BCUT2D eigenvalue weighted by atomic mass is 15.5. The van der Waals surface area contributed by atoms with E-state index in [0.717, 1.165) is 17.6 Å². The van der Waals surface area contributed by atoms with E-state index in [1.165, 1.54) is 5.56 Å². The van der Waals surface area contributed by atoms with Gasteiger partial charge in [0.2, 0.25) is 0 Å². The molecule has 0 aliphatic heterocycles. The maximum atomic E-state index is 8.44. The quantitative estimate of drug-likeness (QED) is 0.408. The molecule has 0 amide bonds. The van der Waals surface area contributed by atoms with Crippen molar-refractivity contribution in [1.82, 2.24) is 15.0 Å². The van der Waals surface area contributed by atoms with Crippen LogP contribution in [-0.4, -0.2) is 15.0 Å². The number of aromatic nitrogens is 3. The van der Waals surface area contributed by atoms with Gasteiger partial charge in [-0.15, -0.1) is 10.2 Å². The van der Waals surface area contributed by atoms with Gasteiger partial charge in [-0.05, 0) is 41.8 Å². The Morgan fingerprint density at radius 1 is 1.10 bits per heavy atom. The predicted molar refractivity (Wildman–Crippen MR) is 77.0 cm³/mol. The van der Waals surface area contributed by atoms with E-state index in [2.05, 4.69) is 39.3 Å². The van der Waals surface area contributed by atoms with E-state index in [0.29, 0.717) is 11.2 Å². The van der Waals surface area contributed by atoms with Gasteiger partial charge in [-0.1, -0.05) is 30.2 Å². The van der Waals surface area contributed by atoms with E-state index in [1.807, 2.05) is 12.1 Å². The molecule has 3 aromatic rings. The number of azide groups is 1. The van der Waals surface area contributed by atoms with Gasteiger partial charge >= 0.3 is 0 Å². The van der Waals surface area contributed by atoms with E-state index in [4.69, 9.17) is 5.53 Å². The summed E-state index contributed by atoms with van der Waals surface area (Å²) in [7, 11) is 0. The lowest BCUT2D eigenvalue weighted by Crippen LogP contribution is -1.98. The fourth-order valence-corrected chi connectivity index (χ4v) is 2.00. The van der Waals surface area contributed by atoms with Gasteiger partial charge in [-0.2, -0.15) is 4.80 Å². The fraction of sp³-hybridized carbons (Fsp3) is 0.143. The summed E-state index contributed by atoms with van der Waals surface area (Å²) in [6.07, 6.45) is 1.00. The van der Waals surface area contributed by atoms with Crippen LogP contribution in [0.5, 0.6) is 0 Å². The molecule has 1 heterocycles. The first-order chi connectivity index (χ1) is 9.80. The van der Waals surface area contributed by atoms with Crippen molar-refractivity contribution in [2.24, 2.45) is 5.11 Å². The highest BCUT2D eigenvalue weighted by Gasteiger charge is 2.05. The molecule has 20 heavy (non-hydrogen) atoms. The highest BCUT2D eigenvalue weighted by molar-refractivity contribution is 5.77. The Morgan fingerprint density at radius 2 is 1.85 bits per heavy atom. The molecular weight excluding hydrogens is 252 g/mol. The molecule has 0 radical (unpaired) electrons. The maximum absolute atomic E-state index is 8.44. The second-order valence-electron chi connectivity index (χ2n) is 4.37. The van der Waals surface area contributed by atoms with Crippen LogP contribution >= 0.6 is 0 Å². The molecule has 6 nitrogen and oxygen atoms in total. The third-order valence-corrected chi connectivity index (χ3v) is 3.10. The van der Waals surface area contributed by atoms with Crippen LogP contribution in [0.3, 0.4) is 0 Å². The Bertz CT molecular complexity index is 796. The molecule has 0 aliphatic rings. The van der Waals surface area contributed by atoms with Crippen LogP contribution in [0, 0.1) is 0 Å². The molecule has 3 rings (SSSR count). The number of hydrogen-bond acceptors (Lipinski definition) is 3. The third-order valence-electron chi connectivity index (χ3n) is 3.10. The molecule has 98 valence electrons. The minimum atomic E-state index is 0.536. The Labute approximate surface area is 115 Å². The van der Waals surface area contributed by atoms with Gasteiger partial charge in [0.1, 0.15) is 11.0 Å². The van der Waals surface area contributed by atoms with Crippen molar-refractivity contribution in [3.05, 3.63) is 58.5 Å². The molecule has 0 N–H and O–H groups in total. The first kappa shape index (κ1) is 12.2. The zero-order valence-corrected chi connectivity index (χ0v) is 10.9. The zero-order chi connectivity index (χ0) is 13.9. The van der Waals surface area contributed by atoms with Crippen molar-refractivity contribution in [2.45, 2.75) is 13.3 Å². The van der Waals surface area contributed by atoms with Gasteiger partial charge in [0, 0.05) is 10.6 Å². The summed E-state index contributed by atoms with van der Waals surface area (Å²) >= 11 is 0. The van der Waals surface area contributed by atoms with Gasteiger partial charge in [0.15, 0.2) is 0 Å². The van der Waals surface area contributed by atoms with Crippen molar-refractivity contribution in [3.8, 4) is 5.69 Å². The third kappa shape index (κ3) is 2.20. The van der Waals surface area contributed by atoms with Crippen LogP contribution in [0.25, 0.3) is 27.2 Å². The molecule has 0 fully saturated rings. The van der Waals surface area contributed by atoms with Crippen LogP contribution in [0.2, 0.25) is 0 Å². The summed E-state index contributed by atoms with van der Waals surface area (Å²) in [5.41, 5.74) is 12.6. The van der Waals surface area contributed by atoms with Gasteiger partial charge in [0.05, 0.1) is 5.69 Å². The van der Waals surface area contributed by atoms with Gasteiger partial charge in [-0.25, -0.2) is 0 Å². The second kappa shape index (κ2) is 5.03. The lowest BCUT2D eigenvalue weighted by molar-refractivity contribution is 0.765. The van der Waals surface area contributed by atoms with E-state index in [-0.39, 0.29) is 0 Å². The summed E-state index contributed by atoms with van der Waals surface area (Å²) in [4.78, 5) is 4.35. The van der Waals surface area contributed by atoms with Crippen LogP contribution in [0.4, 0.5) is 5.69 Å². The largest absolute Gasteiger partial charge is 0.150 e. The lowest BCUT2D eigenvalue weighted by Gasteiger charge is -2.00. The van der Waals surface area contributed by atoms with Crippen molar-refractivity contribution < 1.29 is 0 Å². The molecule has 0 atom stereocenters. The Morgan fingerprint density at radius 3 is 2.55 bits per heavy atom.